The molecule has 0 spiro atoms. The largest absolute Gasteiger partial charge is 0.497 e. The Bertz CT molecular complexity index is 1600. The summed E-state index contributed by atoms with van der Waals surface area (Å²) in [7, 11) is 3.27. The quantitative estimate of drug-likeness (QED) is 0.138. The monoisotopic (exact) mass is 554 g/mol. The van der Waals surface area contributed by atoms with Crippen molar-refractivity contribution in [1.29, 1.82) is 0 Å². The predicted octanol–water partition coefficient (Wildman–Crippen LogP) is 6.86. The summed E-state index contributed by atoms with van der Waals surface area (Å²) in [5, 5.41) is 13.7. The maximum Gasteiger partial charge on any atom is 0.175 e. The highest BCUT2D eigenvalue weighted by atomic mass is 32.1. The zero-order valence-corrected chi connectivity index (χ0v) is 22.9. The Balaban J connectivity index is 1.20. The molecule has 0 saturated heterocycles. The van der Waals surface area contributed by atoms with Crippen LogP contribution in [-0.2, 0) is 0 Å². The number of aromatic nitrogens is 2. The van der Waals surface area contributed by atoms with Crippen molar-refractivity contribution in [2.45, 2.75) is 0 Å². The van der Waals surface area contributed by atoms with Crippen LogP contribution in [0.5, 0.6) is 11.5 Å². The number of aromatic amines is 1. The molecule has 5 N–H and O–H groups in total. The number of nitrogens with zero attached hydrogens (tertiary/aromatic N) is 1. The van der Waals surface area contributed by atoms with Crippen LogP contribution in [0.4, 0.5) is 22.7 Å². The minimum absolute atomic E-state index is 0.488. The van der Waals surface area contributed by atoms with E-state index < -0.39 is 0 Å². The molecular weight excluding hydrogens is 528 g/mol. The second kappa shape index (κ2) is 11.8. The molecule has 39 heavy (non-hydrogen) atoms. The van der Waals surface area contributed by atoms with Gasteiger partial charge < -0.3 is 35.7 Å². The Morgan fingerprint density at radius 3 is 1.54 bits per heavy atom. The van der Waals surface area contributed by atoms with E-state index >= 15 is 0 Å². The molecule has 0 radical (unpaired) electrons. The van der Waals surface area contributed by atoms with Gasteiger partial charge in [-0.15, -0.1) is 0 Å². The molecule has 0 aliphatic carbocycles. The van der Waals surface area contributed by atoms with Gasteiger partial charge in [-0.2, -0.15) is 0 Å². The first-order valence-electron chi connectivity index (χ1n) is 12.0. The first kappa shape index (κ1) is 26.0. The van der Waals surface area contributed by atoms with E-state index in [0.29, 0.717) is 10.2 Å². The number of methoxy groups -OCH3 is 2. The molecule has 0 atom stereocenters. The molecule has 1 heterocycles. The topological polar surface area (TPSA) is 95.3 Å². The van der Waals surface area contributed by atoms with Gasteiger partial charge in [0.1, 0.15) is 17.3 Å². The Hall–Kier alpha value is -4.67. The van der Waals surface area contributed by atoms with Gasteiger partial charge in [0.05, 0.1) is 25.3 Å². The van der Waals surface area contributed by atoms with E-state index in [1.807, 2.05) is 91.0 Å². The van der Waals surface area contributed by atoms with Crippen molar-refractivity contribution in [3.8, 4) is 22.9 Å². The summed E-state index contributed by atoms with van der Waals surface area (Å²) in [4.78, 5) is 8.13. The molecule has 0 aliphatic heterocycles. The van der Waals surface area contributed by atoms with Crippen molar-refractivity contribution in [2.24, 2.45) is 0 Å². The van der Waals surface area contributed by atoms with E-state index in [9.17, 15) is 0 Å². The lowest BCUT2D eigenvalue weighted by molar-refractivity contribution is 0.415. The fourth-order valence-electron chi connectivity index (χ4n) is 3.87. The van der Waals surface area contributed by atoms with Crippen molar-refractivity contribution in [3.63, 3.8) is 0 Å². The molecular formula is C29H26N6O2S2. The van der Waals surface area contributed by atoms with E-state index in [0.717, 1.165) is 56.7 Å². The molecule has 0 aliphatic rings. The van der Waals surface area contributed by atoms with Gasteiger partial charge in [0.25, 0.3) is 0 Å². The third-order valence-corrected chi connectivity index (χ3v) is 6.26. The zero-order valence-electron chi connectivity index (χ0n) is 21.2. The molecule has 8 nitrogen and oxygen atoms in total. The third-order valence-electron chi connectivity index (χ3n) is 5.85. The maximum absolute atomic E-state index is 5.47. The Morgan fingerprint density at radius 2 is 1.05 bits per heavy atom. The number of nitrogens with one attached hydrogen (secondary N) is 5. The highest BCUT2D eigenvalue weighted by Crippen LogP contribution is 2.25. The molecule has 0 fully saturated rings. The van der Waals surface area contributed by atoms with Gasteiger partial charge >= 0.3 is 0 Å². The molecule has 1 aromatic heterocycles. The van der Waals surface area contributed by atoms with Crippen LogP contribution in [0.25, 0.3) is 22.4 Å². The molecule has 10 heteroatoms. The van der Waals surface area contributed by atoms with Crippen molar-refractivity contribution < 1.29 is 9.47 Å². The summed E-state index contributed by atoms with van der Waals surface area (Å²) in [6.07, 6.45) is 0. The molecule has 0 amide bonds. The van der Waals surface area contributed by atoms with Gasteiger partial charge in [-0.1, -0.05) is 0 Å². The number of benzene rings is 4. The first-order chi connectivity index (χ1) is 19.0. The molecule has 5 aromatic rings. The SMILES string of the molecule is COc1ccc(NC(=S)Nc2ccc(-c3nc4ccc(NC(=S)Nc5ccc(OC)cc5)cc4[nH]3)cc2)cc1. The number of fused-ring (bicyclic) bond motifs is 1. The smallest absolute Gasteiger partial charge is 0.175 e. The Kier molecular flexibility index (Phi) is 7.86. The Morgan fingerprint density at radius 1 is 0.615 bits per heavy atom. The highest BCUT2D eigenvalue weighted by Gasteiger charge is 2.08. The lowest BCUT2D eigenvalue weighted by Crippen LogP contribution is -2.18. The maximum atomic E-state index is 5.47. The lowest BCUT2D eigenvalue weighted by Gasteiger charge is -2.11. The summed E-state index contributed by atoms with van der Waals surface area (Å²) in [6.45, 7) is 0. The van der Waals surface area contributed by atoms with Crippen LogP contribution < -0.4 is 30.7 Å². The second-order valence-corrected chi connectivity index (χ2v) is 9.33. The summed E-state index contributed by atoms with van der Waals surface area (Å²) >= 11 is 10.9. The standard InChI is InChI=1S/C29H26N6O2S2/c1-36-23-12-7-20(8-13-23)31-28(38)30-19-5-3-18(4-6-19)27-34-25-16-11-22(17-26(25)35-27)33-29(39)32-21-9-14-24(37-2)15-10-21/h3-17H,1-2H3,(H,34,35)(H2,30,31,38)(H2,32,33,39). The van der Waals surface area contributed by atoms with E-state index in [1.165, 1.54) is 0 Å². The fourth-order valence-corrected chi connectivity index (χ4v) is 4.34. The van der Waals surface area contributed by atoms with Gasteiger partial charge in [-0.25, -0.2) is 4.98 Å². The third kappa shape index (κ3) is 6.61. The molecule has 0 bridgehead atoms. The predicted molar refractivity (Wildman–Crippen MR) is 167 cm³/mol. The van der Waals surface area contributed by atoms with E-state index in [-0.39, 0.29) is 0 Å². The number of hydrogen-bond donors (Lipinski definition) is 5. The van der Waals surface area contributed by atoms with Crippen LogP contribution in [0.1, 0.15) is 0 Å². The number of imidazole rings is 1. The van der Waals surface area contributed by atoms with Crippen LogP contribution in [0.3, 0.4) is 0 Å². The minimum Gasteiger partial charge on any atom is -0.497 e. The molecule has 0 unspecified atom stereocenters. The number of thiocarbonyl (C=S) groups is 2. The molecule has 0 saturated carbocycles. The second-order valence-electron chi connectivity index (χ2n) is 8.51. The van der Waals surface area contributed by atoms with Crippen molar-refractivity contribution in [2.75, 3.05) is 35.5 Å². The fraction of sp³-hybridized carbons (Fsp3) is 0.0690. The summed E-state index contributed by atoms with van der Waals surface area (Å²) in [6, 6.07) is 28.9. The van der Waals surface area contributed by atoms with E-state index in [4.69, 9.17) is 38.9 Å². The van der Waals surface area contributed by atoms with Gasteiger partial charge in [0.2, 0.25) is 0 Å². The summed E-state index contributed by atoms with van der Waals surface area (Å²) in [5.41, 5.74) is 6.17. The van der Waals surface area contributed by atoms with Crippen LogP contribution in [-0.4, -0.2) is 34.4 Å². The number of ether oxygens (including phenoxy) is 2. The number of anilines is 4. The van der Waals surface area contributed by atoms with Crippen molar-refractivity contribution >= 4 is 68.4 Å². The lowest BCUT2D eigenvalue weighted by atomic mass is 10.2. The van der Waals surface area contributed by atoms with Crippen LogP contribution in [0.15, 0.2) is 91.0 Å². The average molecular weight is 555 g/mol. The highest BCUT2D eigenvalue weighted by molar-refractivity contribution is 7.81. The first-order valence-corrected chi connectivity index (χ1v) is 12.8. The zero-order chi connectivity index (χ0) is 27.2. The Labute approximate surface area is 236 Å². The van der Waals surface area contributed by atoms with Crippen LogP contribution in [0, 0.1) is 0 Å². The number of H-pyrrole nitrogens is 1. The van der Waals surface area contributed by atoms with Crippen LogP contribution in [0.2, 0.25) is 0 Å². The van der Waals surface area contributed by atoms with Gasteiger partial charge in [0.15, 0.2) is 10.2 Å². The molecule has 4 aromatic carbocycles. The molecule has 196 valence electrons. The van der Waals surface area contributed by atoms with Gasteiger partial charge in [-0.3, -0.25) is 0 Å². The van der Waals surface area contributed by atoms with Gasteiger partial charge in [0, 0.05) is 28.3 Å². The van der Waals surface area contributed by atoms with Gasteiger partial charge in [-0.05, 0) is 115 Å². The van der Waals surface area contributed by atoms with Crippen LogP contribution >= 0.6 is 24.4 Å². The van der Waals surface area contributed by atoms with Crippen molar-refractivity contribution in [1.82, 2.24) is 9.97 Å². The van der Waals surface area contributed by atoms with E-state index in [2.05, 4.69) is 26.3 Å². The number of hydrogen-bond acceptors (Lipinski definition) is 5. The van der Waals surface area contributed by atoms with Crippen molar-refractivity contribution in [3.05, 3.63) is 91.0 Å². The average Bonchev–Trinajstić information content (AvgIpc) is 3.38. The molecule has 5 rings (SSSR count). The minimum atomic E-state index is 0.488. The summed E-state index contributed by atoms with van der Waals surface area (Å²) in [5.74, 6) is 2.35. The number of rotatable bonds is 7. The summed E-state index contributed by atoms with van der Waals surface area (Å²) < 4.78 is 10.4. The van der Waals surface area contributed by atoms with E-state index in [1.54, 1.807) is 14.2 Å². The normalized spacial score (nSPS) is 10.5.